The van der Waals surface area contributed by atoms with Crippen molar-refractivity contribution in [3.8, 4) is 0 Å². The van der Waals surface area contributed by atoms with Crippen LogP contribution in [0.1, 0.15) is 29.6 Å². The Balaban J connectivity index is 1.74. The van der Waals surface area contributed by atoms with E-state index in [1.165, 1.54) is 17.0 Å². The van der Waals surface area contributed by atoms with Gasteiger partial charge in [-0.2, -0.15) is 0 Å². The summed E-state index contributed by atoms with van der Waals surface area (Å²) in [5.74, 6) is -0.889. The van der Waals surface area contributed by atoms with Crippen molar-refractivity contribution in [2.24, 2.45) is 0 Å². The molecule has 20 heavy (non-hydrogen) atoms. The molecular formula is C15H18FNO3. The second kappa shape index (κ2) is 5.14. The molecule has 0 aliphatic carbocycles. The van der Waals surface area contributed by atoms with E-state index < -0.39 is 17.5 Å². The van der Waals surface area contributed by atoms with Crippen LogP contribution in [0.25, 0.3) is 0 Å². The number of aliphatic hydroxyl groups is 1. The van der Waals surface area contributed by atoms with Gasteiger partial charge in [-0.25, -0.2) is 4.39 Å². The normalized spacial score (nSPS) is 29.9. The lowest BCUT2D eigenvalue weighted by Crippen LogP contribution is -2.56. The third-order valence-electron chi connectivity index (χ3n) is 4.33. The van der Waals surface area contributed by atoms with E-state index in [4.69, 9.17) is 4.74 Å². The number of β-amino-alcohol motifs (C(OH)–C–C–N with tert-alkyl or cyclic N) is 1. The zero-order valence-electron chi connectivity index (χ0n) is 11.2. The van der Waals surface area contributed by atoms with Crippen LogP contribution in [-0.4, -0.2) is 47.3 Å². The number of hydrogen-bond acceptors (Lipinski definition) is 3. The Labute approximate surface area is 117 Å². The molecule has 0 aromatic heterocycles. The van der Waals surface area contributed by atoms with Crippen molar-refractivity contribution in [3.63, 3.8) is 0 Å². The molecule has 2 heterocycles. The number of piperidine rings is 1. The minimum Gasteiger partial charge on any atom is -0.388 e. The van der Waals surface area contributed by atoms with Gasteiger partial charge in [-0.1, -0.05) is 12.1 Å². The Kier molecular flexibility index (Phi) is 3.48. The molecule has 1 N–H and O–H groups in total. The molecule has 0 bridgehead atoms. The van der Waals surface area contributed by atoms with Gasteiger partial charge in [-0.3, -0.25) is 4.79 Å². The van der Waals surface area contributed by atoms with Crippen LogP contribution in [-0.2, 0) is 4.74 Å². The van der Waals surface area contributed by atoms with Gasteiger partial charge in [0.2, 0.25) is 0 Å². The Morgan fingerprint density at radius 3 is 2.85 bits per heavy atom. The fourth-order valence-electron chi connectivity index (χ4n) is 3.13. The van der Waals surface area contributed by atoms with Gasteiger partial charge >= 0.3 is 0 Å². The Morgan fingerprint density at radius 2 is 2.20 bits per heavy atom. The van der Waals surface area contributed by atoms with Gasteiger partial charge in [0.25, 0.3) is 5.91 Å². The van der Waals surface area contributed by atoms with Gasteiger partial charge in [0.05, 0.1) is 11.2 Å². The topological polar surface area (TPSA) is 49.8 Å². The zero-order valence-corrected chi connectivity index (χ0v) is 11.2. The minimum atomic E-state index is -0.700. The number of hydrogen-bond donors (Lipinski definition) is 1. The number of halogens is 1. The molecule has 2 fully saturated rings. The summed E-state index contributed by atoms with van der Waals surface area (Å²) in [7, 11) is 0. The maximum absolute atomic E-state index is 13.7. The van der Waals surface area contributed by atoms with E-state index in [0.29, 0.717) is 19.6 Å². The van der Waals surface area contributed by atoms with E-state index in [1.54, 1.807) is 12.1 Å². The van der Waals surface area contributed by atoms with Crippen LogP contribution < -0.4 is 0 Å². The van der Waals surface area contributed by atoms with Crippen LogP contribution in [0.5, 0.6) is 0 Å². The monoisotopic (exact) mass is 279 g/mol. The standard InChI is InChI=1S/C15H18FNO3/c16-12-5-2-1-4-11(12)14(19)17-8-7-15(13(18)10-17)6-3-9-20-15/h1-2,4-5,13,18H,3,6-10H2/t13-,15-/m0/s1. The number of ether oxygens (including phenoxy) is 1. The first kappa shape index (κ1) is 13.5. The molecule has 3 rings (SSSR count). The van der Waals surface area contributed by atoms with Gasteiger partial charge in [0, 0.05) is 19.7 Å². The van der Waals surface area contributed by atoms with Gasteiger partial charge in [-0.05, 0) is 31.4 Å². The van der Waals surface area contributed by atoms with E-state index in [-0.39, 0.29) is 18.0 Å². The van der Waals surface area contributed by atoms with Crippen molar-refractivity contribution in [1.29, 1.82) is 0 Å². The molecule has 4 nitrogen and oxygen atoms in total. The molecule has 1 aromatic rings. The summed E-state index contributed by atoms with van der Waals surface area (Å²) in [6.45, 7) is 1.36. The van der Waals surface area contributed by atoms with Crippen molar-refractivity contribution in [2.45, 2.75) is 31.0 Å². The molecule has 0 unspecified atom stereocenters. The van der Waals surface area contributed by atoms with Crippen molar-refractivity contribution in [2.75, 3.05) is 19.7 Å². The Bertz CT molecular complexity index is 514. The van der Waals surface area contributed by atoms with E-state index in [0.717, 1.165) is 12.8 Å². The number of carbonyl (C=O) groups is 1. The highest BCUT2D eigenvalue weighted by Crippen LogP contribution is 2.36. The smallest absolute Gasteiger partial charge is 0.256 e. The molecule has 0 saturated carbocycles. The Hall–Kier alpha value is -1.46. The summed E-state index contributed by atoms with van der Waals surface area (Å²) < 4.78 is 19.3. The molecule has 2 atom stereocenters. The number of nitrogens with zero attached hydrogens (tertiary/aromatic N) is 1. The van der Waals surface area contributed by atoms with E-state index >= 15 is 0 Å². The van der Waals surface area contributed by atoms with E-state index in [1.807, 2.05) is 0 Å². The van der Waals surface area contributed by atoms with Crippen molar-refractivity contribution in [1.82, 2.24) is 4.90 Å². The number of aliphatic hydroxyl groups excluding tert-OH is 1. The zero-order chi connectivity index (χ0) is 14.2. The van der Waals surface area contributed by atoms with Crippen LogP contribution in [0.15, 0.2) is 24.3 Å². The third kappa shape index (κ3) is 2.21. The number of rotatable bonds is 1. The maximum atomic E-state index is 13.7. The van der Waals surface area contributed by atoms with Gasteiger partial charge < -0.3 is 14.7 Å². The minimum absolute atomic E-state index is 0.0583. The van der Waals surface area contributed by atoms with E-state index in [2.05, 4.69) is 0 Å². The summed E-state index contributed by atoms with van der Waals surface area (Å²) in [6.07, 6.45) is 1.68. The van der Waals surface area contributed by atoms with Crippen molar-refractivity contribution in [3.05, 3.63) is 35.6 Å². The molecule has 2 aliphatic rings. The molecule has 1 spiro atoms. The Morgan fingerprint density at radius 1 is 1.40 bits per heavy atom. The largest absolute Gasteiger partial charge is 0.388 e. The van der Waals surface area contributed by atoms with Crippen LogP contribution in [0.4, 0.5) is 4.39 Å². The number of carbonyl (C=O) groups excluding carboxylic acids is 1. The average molecular weight is 279 g/mol. The first-order valence-corrected chi connectivity index (χ1v) is 6.98. The lowest BCUT2D eigenvalue weighted by molar-refractivity contribution is -0.123. The maximum Gasteiger partial charge on any atom is 0.256 e. The molecule has 5 heteroatoms. The summed E-state index contributed by atoms with van der Waals surface area (Å²) in [5, 5.41) is 10.3. The van der Waals surface area contributed by atoms with Crippen LogP contribution in [0, 0.1) is 5.82 Å². The molecule has 2 saturated heterocycles. The van der Waals surface area contributed by atoms with Crippen molar-refractivity contribution < 1.29 is 19.0 Å². The molecule has 108 valence electrons. The van der Waals surface area contributed by atoms with Crippen LogP contribution >= 0.6 is 0 Å². The molecule has 2 aliphatic heterocycles. The van der Waals surface area contributed by atoms with Crippen molar-refractivity contribution >= 4 is 5.91 Å². The van der Waals surface area contributed by atoms with Crippen LogP contribution in [0.3, 0.4) is 0 Å². The second-order valence-electron chi connectivity index (χ2n) is 5.51. The fraction of sp³-hybridized carbons (Fsp3) is 0.533. The quantitative estimate of drug-likeness (QED) is 0.849. The predicted octanol–water partition coefficient (Wildman–Crippen LogP) is 1.58. The first-order chi connectivity index (χ1) is 9.62. The summed E-state index contributed by atoms with van der Waals surface area (Å²) >= 11 is 0. The fourth-order valence-corrected chi connectivity index (χ4v) is 3.13. The lowest BCUT2D eigenvalue weighted by Gasteiger charge is -2.42. The highest BCUT2D eigenvalue weighted by molar-refractivity contribution is 5.94. The molecule has 1 aromatic carbocycles. The molecule has 1 amide bonds. The summed E-state index contributed by atoms with van der Waals surface area (Å²) in [4.78, 5) is 13.8. The second-order valence-corrected chi connectivity index (χ2v) is 5.51. The highest BCUT2D eigenvalue weighted by atomic mass is 19.1. The van der Waals surface area contributed by atoms with Gasteiger partial charge in [-0.15, -0.1) is 0 Å². The predicted molar refractivity (Wildman–Crippen MR) is 70.8 cm³/mol. The average Bonchev–Trinajstić information content (AvgIpc) is 2.92. The van der Waals surface area contributed by atoms with Crippen LogP contribution in [0.2, 0.25) is 0 Å². The molecular weight excluding hydrogens is 261 g/mol. The number of amides is 1. The summed E-state index contributed by atoms with van der Waals surface area (Å²) in [6, 6.07) is 5.94. The summed E-state index contributed by atoms with van der Waals surface area (Å²) in [5.41, 5.74) is -0.436. The first-order valence-electron chi connectivity index (χ1n) is 6.98. The lowest BCUT2D eigenvalue weighted by atomic mass is 9.86. The molecule has 0 radical (unpaired) electrons. The van der Waals surface area contributed by atoms with E-state index in [9.17, 15) is 14.3 Å². The van der Waals surface area contributed by atoms with Gasteiger partial charge in [0.15, 0.2) is 0 Å². The third-order valence-corrected chi connectivity index (χ3v) is 4.33. The van der Waals surface area contributed by atoms with Gasteiger partial charge in [0.1, 0.15) is 11.9 Å². The highest BCUT2D eigenvalue weighted by Gasteiger charge is 2.46. The number of benzene rings is 1. The SMILES string of the molecule is O=C(c1ccccc1F)N1CC[C@@]2(CCCO2)[C@@H](O)C1. The number of likely N-dealkylation sites (tertiary alicyclic amines) is 1.